The van der Waals surface area contributed by atoms with Crippen LogP contribution in [0, 0.1) is 0 Å². The van der Waals surface area contributed by atoms with E-state index in [1.807, 2.05) is 45.0 Å². The van der Waals surface area contributed by atoms with E-state index in [0.29, 0.717) is 6.54 Å². The molecular formula is C13H20N2O. The molecule has 0 aliphatic carbocycles. The Morgan fingerprint density at radius 3 is 2.56 bits per heavy atom. The third kappa shape index (κ3) is 3.07. The van der Waals surface area contributed by atoms with Gasteiger partial charge in [0, 0.05) is 17.6 Å². The van der Waals surface area contributed by atoms with Crippen molar-refractivity contribution < 1.29 is 4.79 Å². The number of aryl methyl sites for hydroxylation is 1. The summed E-state index contributed by atoms with van der Waals surface area (Å²) < 4.78 is 0. The number of carbonyl (C=O) groups is 1. The zero-order valence-electron chi connectivity index (χ0n) is 10.2. The van der Waals surface area contributed by atoms with E-state index < -0.39 is 0 Å². The van der Waals surface area contributed by atoms with Gasteiger partial charge in [0.15, 0.2) is 0 Å². The SMILES string of the molecule is CCc1ccccc1C(=O)NC(C)(C)CN. The average Bonchev–Trinajstić information content (AvgIpc) is 2.28. The molecule has 1 aromatic rings. The van der Waals surface area contributed by atoms with Crippen molar-refractivity contribution in [2.45, 2.75) is 32.7 Å². The number of carbonyl (C=O) groups excluding carboxylic acids is 1. The van der Waals surface area contributed by atoms with Crippen LogP contribution in [0.3, 0.4) is 0 Å². The number of nitrogens with two attached hydrogens (primary N) is 1. The van der Waals surface area contributed by atoms with Gasteiger partial charge < -0.3 is 11.1 Å². The van der Waals surface area contributed by atoms with Crippen LogP contribution < -0.4 is 11.1 Å². The predicted molar refractivity (Wildman–Crippen MR) is 66.4 cm³/mol. The van der Waals surface area contributed by atoms with Gasteiger partial charge in [0.1, 0.15) is 0 Å². The van der Waals surface area contributed by atoms with E-state index in [9.17, 15) is 4.79 Å². The molecule has 0 saturated heterocycles. The Morgan fingerprint density at radius 2 is 2.00 bits per heavy atom. The molecule has 0 spiro atoms. The summed E-state index contributed by atoms with van der Waals surface area (Å²) in [6, 6.07) is 7.65. The molecule has 0 radical (unpaired) electrons. The number of hydrogen-bond acceptors (Lipinski definition) is 2. The Kier molecular flexibility index (Phi) is 4.07. The standard InChI is InChI=1S/C13H20N2O/c1-4-10-7-5-6-8-11(10)12(16)15-13(2,3)9-14/h5-8H,4,9,14H2,1-3H3,(H,15,16). The van der Waals surface area contributed by atoms with Gasteiger partial charge in [-0.25, -0.2) is 0 Å². The van der Waals surface area contributed by atoms with Crippen LogP contribution in [-0.2, 0) is 6.42 Å². The van der Waals surface area contributed by atoms with Crippen molar-refractivity contribution in [2.75, 3.05) is 6.54 Å². The lowest BCUT2D eigenvalue weighted by molar-refractivity contribution is 0.0915. The molecule has 0 aliphatic heterocycles. The van der Waals surface area contributed by atoms with E-state index in [4.69, 9.17) is 5.73 Å². The molecule has 0 unspecified atom stereocenters. The molecule has 1 amide bonds. The summed E-state index contributed by atoms with van der Waals surface area (Å²) in [5.74, 6) is -0.0482. The zero-order chi connectivity index (χ0) is 12.2. The van der Waals surface area contributed by atoms with Crippen molar-refractivity contribution in [1.82, 2.24) is 5.32 Å². The summed E-state index contributed by atoms with van der Waals surface area (Å²) >= 11 is 0. The van der Waals surface area contributed by atoms with Crippen LogP contribution in [-0.4, -0.2) is 18.0 Å². The van der Waals surface area contributed by atoms with E-state index in [0.717, 1.165) is 17.5 Å². The zero-order valence-corrected chi connectivity index (χ0v) is 10.2. The van der Waals surface area contributed by atoms with Gasteiger partial charge in [-0.1, -0.05) is 25.1 Å². The van der Waals surface area contributed by atoms with Crippen molar-refractivity contribution in [3.63, 3.8) is 0 Å². The van der Waals surface area contributed by atoms with Crippen LogP contribution in [0.5, 0.6) is 0 Å². The molecule has 1 aromatic carbocycles. The Hall–Kier alpha value is -1.35. The third-order valence-corrected chi connectivity index (χ3v) is 2.61. The highest BCUT2D eigenvalue weighted by Crippen LogP contribution is 2.11. The van der Waals surface area contributed by atoms with Gasteiger partial charge in [0.2, 0.25) is 0 Å². The van der Waals surface area contributed by atoms with E-state index in [2.05, 4.69) is 5.32 Å². The van der Waals surface area contributed by atoms with Crippen LogP contribution >= 0.6 is 0 Å². The first kappa shape index (κ1) is 12.7. The molecule has 3 heteroatoms. The van der Waals surface area contributed by atoms with E-state index >= 15 is 0 Å². The van der Waals surface area contributed by atoms with Crippen LogP contribution in [0.4, 0.5) is 0 Å². The summed E-state index contributed by atoms with van der Waals surface area (Å²) in [5.41, 5.74) is 7.03. The highest BCUT2D eigenvalue weighted by atomic mass is 16.1. The van der Waals surface area contributed by atoms with Crippen molar-refractivity contribution in [1.29, 1.82) is 0 Å². The first-order valence-corrected chi connectivity index (χ1v) is 5.60. The van der Waals surface area contributed by atoms with Crippen LogP contribution in [0.2, 0.25) is 0 Å². The van der Waals surface area contributed by atoms with Gasteiger partial charge in [0.25, 0.3) is 5.91 Å². The highest BCUT2D eigenvalue weighted by molar-refractivity contribution is 5.96. The van der Waals surface area contributed by atoms with Crippen molar-refractivity contribution in [3.8, 4) is 0 Å². The largest absolute Gasteiger partial charge is 0.346 e. The monoisotopic (exact) mass is 220 g/mol. The van der Waals surface area contributed by atoms with E-state index in [1.54, 1.807) is 0 Å². The lowest BCUT2D eigenvalue weighted by Gasteiger charge is -2.24. The Morgan fingerprint density at radius 1 is 1.38 bits per heavy atom. The molecule has 3 nitrogen and oxygen atoms in total. The minimum atomic E-state index is -0.363. The summed E-state index contributed by atoms with van der Waals surface area (Å²) in [6.07, 6.45) is 0.854. The summed E-state index contributed by atoms with van der Waals surface area (Å²) in [5, 5.41) is 2.93. The third-order valence-electron chi connectivity index (χ3n) is 2.61. The molecule has 0 aliphatic rings. The second kappa shape index (κ2) is 5.12. The molecule has 0 bridgehead atoms. The molecule has 3 N–H and O–H groups in total. The Bertz CT molecular complexity index is 372. The van der Waals surface area contributed by atoms with Crippen LogP contribution in [0.25, 0.3) is 0 Å². The quantitative estimate of drug-likeness (QED) is 0.811. The number of hydrogen-bond donors (Lipinski definition) is 2. The molecule has 0 atom stereocenters. The van der Waals surface area contributed by atoms with Gasteiger partial charge in [-0.15, -0.1) is 0 Å². The second-order valence-electron chi connectivity index (χ2n) is 4.55. The molecule has 0 aromatic heterocycles. The lowest BCUT2D eigenvalue weighted by atomic mass is 10.0. The summed E-state index contributed by atoms with van der Waals surface area (Å²) in [6.45, 7) is 6.30. The fourth-order valence-corrected chi connectivity index (χ4v) is 1.48. The minimum Gasteiger partial charge on any atom is -0.346 e. The Balaban J connectivity index is 2.88. The molecule has 1 rings (SSSR count). The maximum Gasteiger partial charge on any atom is 0.252 e. The molecule has 88 valence electrons. The van der Waals surface area contributed by atoms with Gasteiger partial charge >= 0.3 is 0 Å². The van der Waals surface area contributed by atoms with Crippen molar-refractivity contribution >= 4 is 5.91 Å². The van der Waals surface area contributed by atoms with Gasteiger partial charge in [-0.05, 0) is 31.9 Å². The summed E-state index contributed by atoms with van der Waals surface area (Å²) in [4.78, 5) is 12.0. The Labute approximate surface area is 97.0 Å². The fourth-order valence-electron chi connectivity index (χ4n) is 1.48. The van der Waals surface area contributed by atoms with Gasteiger partial charge in [0.05, 0.1) is 0 Å². The molecule has 0 heterocycles. The first-order valence-electron chi connectivity index (χ1n) is 5.60. The average molecular weight is 220 g/mol. The fraction of sp³-hybridized carbons (Fsp3) is 0.462. The number of rotatable bonds is 4. The minimum absolute atomic E-state index is 0.0482. The molecule has 0 fully saturated rings. The number of nitrogens with one attached hydrogen (secondary N) is 1. The normalized spacial score (nSPS) is 11.2. The molecule has 0 saturated carbocycles. The van der Waals surface area contributed by atoms with E-state index in [-0.39, 0.29) is 11.4 Å². The lowest BCUT2D eigenvalue weighted by Crippen LogP contribution is -2.49. The maximum atomic E-state index is 12.0. The summed E-state index contributed by atoms with van der Waals surface area (Å²) in [7, 11) is 0. The smallest absolute Gasteiger partial charge is 0.252 e. The topological polar surface area (TPSA) is 55.1 Å². The first-order chi connectivity index (χ1) is 7.50. The molecule has 16 heavy (non-hydrogen) atoms. The van der Waals surface area contributed by atoms with Crippen molar-refractivity contribution in [3.05, 3.63) is 35.4 Å². The predicted octanol–water partition coefficient (Wildman–Crippen LogP) is 1.72. The van der Waals surface area contributed by atoms with Crippen LogP contribution in [0.15, 0.2) is 24.3 Å². The van der Waals surface area contributed by atoms with Gasteiger partial charge in [-0.2, -0.15) is 0 Å². The van der Waals surface area contributed by atoms with E-state index in [1.165, 1.54) is 0 Å². The number of amides is 1. The molecular weight excluding hydrogens is 200 g/mol. The highest BCUT2D eigenvalue weighted by Gasteiger charge is 2.20. The van der Waals surface area contributed by atoms with Crippen molar-refractivity contribution in [2.24, 2.45) is 5.73 Å². The van der Waals surface area contributed by atoms with Gasteiger partial charge in [-0.3, -0.25) is 4.79 Å². The maximum absolute atomic E-state index is 12.0. The second-order valence-corrected chi connectivity index (χ2v) is 4.55. The number of benzene rings is 1. The van der Waals surface area contributed by atoms with Crippen LogP contribution in [0.1, 0.15) is 36.7 Å².